The van der Waals surface area contributed by atoms with E-state index in [0.29, 0.717) is 21.1 Å². The molecule has 2 unspecified atom stereocenters. The van der Waals surface area contributed by atoms with Gasteiger partial charge < -0.3 is 28.6 Å². The highest BCUT2D eigenvalue weighted by Crippen LogP contribution is 2.40. The minimum absolute atomic E-state index is 0.00606. The summed E-state index contributed by atoms with van der Waals surface area (Å²) < 4.78 is 64.1. The maximum atomic E-state index is 15.5. The van der Waals surface area contributed by atoms with Gasteiger partial charge >= 0.3 is 18.2 Å². The summed E-state index contributed by atoms with van der Waals surface area (Å²) >= 11 is -2.80. The normalized spacial score (nSPS) is 14.8. The summed E-state index contributed by atoms with van der Waals surface area (Å²) in [7, 11) is -2.43. The number of carboxylic acid groups (broad SMARTS) is 1. The van der Waals surface area contributed by atoms with Crippen LogP contribution in [0.4, 0.5) is 19.7 Å². The Morgan fingerprint density at radius 1 is 1.00 bits per heavy atom. The summed E-state index contributed by atoms with van der Waals surface area (Å²) in [5.41, 5.74) is -0.465. The monoisotopic (exact) mass is 820 g/mol. The Balaban J connectivity index is 1.68. The summed E-state index contributed by atoms with van der Waals surface area (Å²) in [5, 5.41) is 15.0. The Labute approximate surface area is 332 Å². The van der Waals surface area contributed by atoms with E-state index in [9.17, 15) is 28.3 Å². The number of anilines is 1. The van der Waals surface area contributed by atoms with Gasteiger partial charge in [0.15, 0.2) is 8.32 Å². The van der Waals surface area contributed by atoms with E-state index in [2.05, 4.69) is 5.10 Å². The molecule has 1 aliphatic rings. The molecule has 0 radical (unpaired) electrons. The average Bonchev–Trinajstić information content (AvgIpc) is 3.45. The molecule has 2 aromatic carbocycles. The molecule has 3 aromatic rings. The predicted molar refractivity (Wildman–Crippen MR) is 214 cm³/mol. The molecule has 1 amide bonds. The summed E-state index contributed by atoms with van der Waals surface area (Å²) in [6, 6.07) is 11.4. The van der Waals surface area contributed by atoms with Crippen LogP contribution in [0.25, 0.3) is 10.9 Å². The minimum atomic E-state index is -2.80. The molecule has 0 saturated heterocycles. The summed E-state index contributed by atoms with van der Waals surface area (Å²) in [6.07, 6.45) is 0.296. The van der Waals surface area contributed by atoms with Crippen molar-refractivity contribution in [1.29, 1.82) is 0 Å². The number of halogens is 1. The maximum Gasteiger partial charge on any atom is 0.432 e. The van der Waals surface area contributed by atoms with Crippen molar-refractivity contribution in [2.45, 2.75) is 123 Å². The minimum Gasteiger partial charge on any atom is -0.492 e. The molecule has 310 valence electrons. The number of carbonyl (C=O) groups excluding carboxylic acids is 2. The van der Waals surface area contributed by atoms with Crippen LogP contribution in [0.5, 0.6) is 5.75 Å². The second-order valence-electron chi connectivity index (χ2n) is 16.1. The second-order valence-corrected chi connectivity index (χ2v) is 21.7. The van der Waals surface area contributed by atoms with E-state index in [-0.39, 0.29) is 31.3 Å². The molecule has 14 nitrogen and oxygen atoms in total. The third-order valence-electron chi connectivity index (χ3n) is 9.84. The number of esters is 1. The Morgan fingerprint density at radius 2 is 1.64 bits per heavy atom. The van der Waals surface area contributed by atoms with Gasteiger partial charge in [-0.25, -0.2) is 18.2 Å². The van der Waals surface area contributed by atoms with Crippen molar-refractivity contribution in [3.8, 4) is 5.75 Å². The smallest absolute Gasteiger partial charge is 0.432 e. The van der Waals surface area contributed by atoms with Gasteiger partial charge in [0.1, 0.15) is 35.9 Å². The lowest BCUT2D eigenvalue weighted by molar-refractivity contribution is -0.152. The molecular formula is C39H57FN4O10SSi. The second kappa shape index (κ2) is 18.5. The van der Waals surface area contributed by atoms with Crippen molar-refractivity contribution < 1.29 is 51.3 Å². The molecule has 1 aromatic heterocycles. The molecule has 0 aliphatic heterocycles. The van der Waals surface area contributed by atoms with Crippen molar-refractivity contribution >= 4 is 54.3 Å². The number of aromatic nitrogens is 2. The van der Waals surface area contributed by atoms with E-state index < -0.39 is 67.4 Å². The predicted octanol–water partition coefficient (Wildman–Crippen LogP) is 8.63. The van der Waals surface area contributed by atoms with E-state index >= 15 is 4.39 Å². The Morgan fingerprint density at radius 3 is 2.18 bits per heavy atom. The van der Waals surface area contributed by atoms with Crippen LogP contribution < -0.4 is 9.04 Å². The summed E-state index contributed by atoms with van der Waals surface area (Å²) in [6.45, 7) is 15.6. The fourth-order valence-electron chi connectivity index (χ4n) is 6.54. The van der Waals surface area contributed by atoms with E-state index in [4.69, 9.17) is 18.6 Å². The van der Waals surface area contributed by atoms with E-state index in [0.717, 1.165) is 59.2 Å². The number of hydrogen-bond donors (Lipinski definition) is 2. The fraction of sp³-hybridized carbons (Fsp3) is 0.590. The maximum absolute atomic E-state index is 15.5. The largest absolute Gasteiger partial charge is 0.492 e. The zero-order valence-electron chi connectivity index (χ0n) is 33.9. The molecular weight excluding hydrogens is 764 g/mol. The molecule has 1 aliphatic carbocycles. The molecule has 56 heavy (non-hydrogen) atoms. The zero-order valence-corrected chi connectivity index (χ0v) is 35.7. The van der Waals surface area contributed by atoms with Gasteiger partial charge in [0.25, 0.3) is 11.3 Å². The van der Waals surface area contributed by atoms with Gasteiger partial charge in [0.05, 0.1) is 36.1 Å². The van der Waals surface area contributed by atoms with Crippen molar-refractivity contribution in [1.82, 2.24) is 14.7 Å². The molecule has 17 heteroatoms. The van der Waals surface area contributed by atoms with Gasteiger partial charge in [-0.15, -0.1) is 0 Å². The Hall–Kier alpha value is -4.06. The van der Waals surface area contributed by atoms with Gasteiger partial charge in [-0.05, 0) is 102 Å². The molecule has 1 heterocycles. The van der Waals surface area contributed by atoms with Crippen LogP contribution in [-0.4, -0.2) is 92.5 Å². The van der Waals surface area contributed by atoms with Crippen molar-refractivity contribution in [2.75, 3.05) is 30.5 Å². The van der Waals surface area contributed by atoms with E-state index in [1.54, 1.807) is 53.7 Å². The first-order chi connectivity index (χ1) is 26.2. The first kappa shape index (κ1) is 44.6. The number of rotatable bonds is 17. The number of amides is 1. The number of hydrogen-bond acceptors (Lipinski definition) is 9. The number of ether oxygens (including phenoxy) is 3. The molecule has 0 spiro atoms. The highest BCUT2D eigenvalue weighted by molar-refractivity contribution is 7.80. The third-order valence-corrected chi connectivity index (χ3v) is 15.2. The van der Waals surface area contributed by atoms with Crippen molar-refractivity contribution in [2.24, 2.45) is 0 Å². The zero-order chi connectivity index (χ0) is 41.6. The number of fused-ring (bicyclic) bond motifs is 1. The molecule has 1 fully saturated rings. The van der Waals surface area contributed by atoms with Crippen LogP contribution >= 0.6 is 0 Å². The first-order valence-electron chi connectivity index (χ1n) is 19.1. The quantitative estimate of drug-likeness (QED) is 0.0759. The van der Waals surface area contributed by atoms with Gasteiger partial charge in [-0.2, -0.15) is 9.78 Å². The van der Waals surface area contributed by atoms with Crippen LogP contribution in [0.3, 0.4) is 0 Å². The van der Waals surface area contributed by atoms with Crippen molar-refractivity contribution in [3.63, 3.8) is 0 Å². The molecule has 4 rings (SSSR count). The van der Waals surface area contributed by atoms with Crippen LogP contribution in [0.2, 0.25) is 18.1 Å². The molecule has 2 atom stereocenters. The average molecular weight is 821 g/mol. The van der Waals surface area contributed by atoms with E-state index in [1.807, 2.05) is 26.8 Å². The number of benzene rings is 2. The number of nitrogens with zero attached hydrogens (tertiary/aromatic N) is 4. The summed E-state index contributed by atoms with van der Waals surface area (Å²) in [5.74, 6) is -1.07. The van der Waals surface area contributed by atoms with Crippen LogP contribution in [0.15, 0.2) is 36.4 Å². The lowest BCUT2D eigenvalue weighted by atomic mass is 9.82. The van der Waals surface area contributed by atoms with Crippen LogP contribution in [0, 0.1) is 5.82 Å². The molecule has 2 N–H and O–H groups in total. The highest BCUT2D eigenvalue weighted by atomic mass is 32.2. The summed E-state index contributed by atoms with van der Waals surface area (Å²) in [4.78, 5) is 40.1. The topological polar surface area (TPSA) is 170 Å². The van der Waals surface area contributed by atoms with Crippen LogP contribution in [-0.2, 0) is 30.0 Å². The Bertz CT molecular complexity index is 1880. The fourth-order valence-corrected chi connectivity index (χ4v) is 9.88. The lowest BCUT2D eigenvalue weighted by Crippen LogP contribution is -2.45. The van der Waals surface area contributed by atoms with Gasteiger partial charge in [0, 0.05) is 17.4 Å². The van der Waals surface area contributed by atoms with Crippen molar-refractivity contribution in [3.05, 3.63) is 53.5 Å². The number of carbonyl (C=O) groups is 3. The van der Waals surface area contributed by atoms with Gasteiger partial charge in [0.2, 0.25) is 0 Å². The SMILES string of the molecule is CC[Si](CC)(CC)OC(CN(CCOc1ccc2c(C3CCC3)nn(C(=O)O)c2c1)C(=O)OC(C)(C)C)c1ccc(F)c(N(CC(=O)OC(C)(C)C)S(=O)O)c1. The Kier molecular flexibility index (Phi) is 14.7. The van der Waals surface area contributed by atoms with E-state index in [1.165, 1.54) is 17.0 Å². The van der Waals surface area contributed by atoms with Crippen LogP contribution in [0.1, 0.15) is 105 Å². The van der Waals surface area contributed by atoms with Gasteiger partial charge in [-0.1, -0.05) is 33.3 Å². The highest BCUT2D eigenvalue weighted by Gasteiger charge is 2.36. The standard InChI is InChI=1S/C39H57FN4O10SSi/c1-10-56(11-2,12-3)54-33(27-16-19-30(40)32(22-27)43(55(49)50)25-34(45)52-38(4,5)6)24-42(37(48)53-39(7,8)9)20-21-51-28-17-18-29-31(23-28)44(36(46)47)41-35(29)26-14-13-15-26/h16-19,22-23,26,33H,10-15,20-21,24-25H2,1-9H3,(H,46,47)(H,49,50). The molecule has 0 bridgehead atoms. The molecule has 1 saturated carbocycles. The first-order valence-corrected chi connectivity index (χ1v) is 22.7. The van der Waals surface area contributed by atoms with Gasteiger partial charge in [-0.3, -0.25) is 13.7 Å². The third kappa shape index (κ3) is 11.5. The lowest BCUT2D eigenvalue weighted by Gasteiger charge is -2.37.